The van der Waals surface area contributed by atoms with Gasteiger partial charge in [0.15, 0.2) is 0 Å². The van der Waals surface area contributed by atoms with E-state index in [2.05, 4.69) is 4.74 Å². The van der Waals surface area contributed by atoms with Crippen LogP contribution in [0.1, 0.15) is 19.3 Å². The zero-order valence-electron chi connectivity index (χ0n) is 8.75. The zero-order valence-corrected chi connectivity index (χ0v) is 8.75. The summed E-state index contributed by atoms with van der Waals surface area (Å²) < 4.78 is 94.6. The van der Waals surface area contributed by atoms with Crippen LogP contribution in [0.5, 0.6) is 0 Å². The van der Waals surface area contributed by atoms with Crippen LogP contribution in [0.2, 0.25) is 0 Å². The first-order chi connectivity index (χ1) is 8.12. The predicted molar refractivity (Wildman–Crippen MR) is 46.0 cm³/mol. The molecule has 0 atom stereocenters. The Morgan fingerprint density at radius 1 is 1.00 bits per heavy atom. The van der Waals surface area contributed by atoms with Crippen molar-refractivity contribution in [3.63, 3.8) is 0 Å². The van der Waals surface area contributed by atoms with Gasteiger partial charge in [0.2, 0.25) is 11.6 Å². The molecule has 0 spiro atoms. The minimum Gasteiger partial charge on any atom is -0.457 e. The summed E-state index contributed by atoms with van der Waals surface area (Å²) in [5.74, 6) is -22.2. The Bertz CT molecular complexity index is 436. The molecule has 0 unspecified atom stereocenters. The Kier molecular flexibility index (Phi) is 2.68. The molecule has 0 N–H and O–H groups in total. The third-order valence-corrected chi connectivity index (χ3v) is 2.78. The lowest BCUT2D eigenvalue weighted by molar-refractivity contribution is -0.273. The first-order valence-electron chi connectivity index (χ1n) is 5.03. The van der Waals surface area contributed by atoms with Crippen LogP contribution >= 0.6 is 0 Å². The number of allylic oxidation sites excluding steroid dienone is 4. The molecule has 0 aromatic rings. The summed E-state index contributed by atoms with van der Waals surface area (Å²) in [6, 6.07) is 0. The summed E-state index contributed by atoms with van der Waals surface area (Å²) in [6.45, 7) is 0. The van der Waals surface area contributed by atoms with E-state index < -0.39 is 29.4 Å². The summed E-state index contributed by atoms with van der Waals surface area (Å²) in [5, 5.41) is 0. The molecule has 2 aliphatic carbocycles. The van der Waals surface area contributed by atoms with Crippen molar-refractivity contribution >= 4 is 0 Å². The van der Waals surface area contributed by atoms with Gasteiger partial charge in [-0.3, -0.25) is 0 Å². The number of halogens is 7. The van der Waals surface area contributed by atoms with Crippen molar-refractivity contribution in [1.82, 2.24) is 0 Å². The molecule has 8 heteroatoms. The van der Waals surface area contributed by atoms with Gasteiger partial charge < -0.3 is 4.74 Å². The fraction of sp³-hybridized carbons (Fsp3) is 0.600. The maximum absolute atomic E-state index is 13.1. The van der Waals surface area contributed by atoms with Crippen LogP contribution in [0.4, 0.5) is 30.7 Å². The second kappa shape index (κ2) is 3.64. The Labute approximate surface area is 96.9 Å². The fourth-order valence-electron chi connectivity index (χ4n) is 1.73. The summed E-state index contributed by atoms with van der Waals surface area (Å²) in [5.41, 5.74) is 0. The highest BCUT2D eigenvalue weighted by molar-refractivity contribution is 5.34. The predicted octanol–water partition coefficient (Wildman–Crippen LogP) is 4.17. The molecule has 0 aliphatic heterocycles. The van der Waals surface area contributed by atoms with Crippen molar-refractivity contribution in [3.8, 4) is 0 Å². The molecule has 0 amide bonds. The van der Waals surface area contributed by atoms with Crippen molar-refractivity contribution in [2.24, 2.45) is 0 Å². The van der Waals surface area contributed by atoms with Gasteiger partial charge in [-0.2, -0.15) is 26.3 Å². The quantitative estimate of drug-likeness (QED) is 0.688. The van der Waals surface area contributed by atoms with Crippen LogP contribution in [-0.2, 0) is 4.74 Å². The molecule has 0 aromatic heterocycles. The van der Waals surface area contributed by atoms with Gasteiger partial charge in [0.25, 0.3) is 0 Å². The highest BCUT2D eigenvalue weighted by Gasteiger charge is 2.82. The van der Waals surface area contributed by atoms with Crippen molar-refractivity contribution < 1.29 is 35.5 Å². The lowest BCUT2D eigenvalue weighted by Crippen LogP contribution is -2.49. The third kappa shape index (κ3) is 1.47. The van der Waals surface area contributed by atoms with E-state index in [0.29, 0.717) is 12.8 Å². The van der Waals surface area contributed by atoms with Crippen molar-refractivity contribution in [1.29, 1.82) is 0 Å². The maximum Gasteiger partial charge on any atom is 0.386 e. The summed E-state index contributed by atoms with van der Waals surface area (Å²) >= 11 is 0. The molecule has 0 saturated carbocycles. The van der Waals surface area contributed by atoms with Crippen LogP contribution in [-0.4, -0.2) is 17.8 Å². The van der Waals surface area contributed by atoms with Gasteiger partial charge in [0, 0.05) is 6.42 Å². The lowest BCUT2D eigenvalue weighted by atomic mass is 10.1. The molecule has 0 bridgehead atoms. The maximum atomic E-state index is 13.1. The van der Waals surface area contributed by atoms with Gasteiger partial charge in [-0.05, 0) is 18.9 Å². The largest absolute Gasteiger partial charge is 0.457 e. The molecule has 102 valence electrons. The third-order valence-electron chi connectivity index (χ3n) is 2.78. The second-order valence-corrected chi connectivity index (χ2v) is 4.03. The minimum atomic E-state index is -5.83. The summed E-state index contributed by atoms with van der Waals surface area (Å²) in [6.07, 6.45) is 2.32. The highest BCUT2D eigenvalue weighted by atomic mass is 19.3. The monoisotopic (exact) mass is 276 g/mol. The van der Waals surface area contributed by atoms with E-state index in [0.717, 1.165) is 0 Å². The molecule has 0 aromatic carbocycles. The van der Waals surface area contributed by atoms with E-state index in [4.69, 9.17) is 0 Å². The Morgan fingerprint density at radius 2 is 1.61 bits per heavy atom. The molecule has 2 rings (SSSR count). The molecule has 0 saturated heterocycles. The van der Waals surface area contributed by atoms with Crippen LogP contribution in [0.25, 0.3) is 0 Å². The fourth-order valence-corrected chi connectivity index (χ4v) is 1.73. The van der Waals surface area contributed by atoms with Crippen molar-refractivity contribution in [2.75, 3.05) is 0 Å². The van der Waals surface area contributed by atoms with Gasteiger partial charge in [0.05, 0.1) is 0 Å². The second-order valence-electron chi connectivity index (χ2n) is 4.03. The van der Waals surface area contributed by atoms with E-state index in [1.54, 1.807) is 0 Å². The number of alkyl halides is 6. The molecule has 0 radical (unpaired) electrons. The van der Waals surface area contributed by atoms with Gasteiger partial charge >= 0.3 is 17.8 Å². The van der Waals surface area contributed by atoms with E-state index in [9.17, 15) is 30.7 Å². The number of rotatable bonds is 2. The molecular formula is C10H7F7O. The van der Waals surface area contributed by atoms with Crippen molar-refractivity contribution in [3.05, 3.63) is 23.4 Å². The van der Waals surface area contributed by atoms with E-state index in [-0.39, 0.29) is 12.2 Å². The average molecular weight is 276 g/mol. The highest BCUT2D eigenvalue weighted by Crippen LogP contribution is 2.60. The van der Waals surface area contributed by atoms with E-state index >= 15 is 0 Å². The van der Waals surface area contributed by atoms with Crippen molar-refractivity contribution in [2.45, 2.75) is 37.0 Å². The Balaban J connectivity index is 2.41. The molecular weight excluding hydrogens is 269 g/mol. The lowest BCUT2D eigenvalue weighted by Gasteiger charge is -2.24. The minimum absolute atomic E-state index is 0.115. The first kappa shape index (κ1) is 13.2. The zero-order chi connectivity index (χ0) is 13.8. The van der Waals surface area contributed by atoms with Crippen LogP contribution in [0.3, 0.4) is 0 Å². The smallest absolute Gasteiger partial charge is 0.386 e. The summed E-state index contributed by atoms with van der Waals surface area (Å²) in [7, 11) is 0. The molecule has 0 fully saturated rings. The SMILES string of the molecule is FC1=C(OC2=CCCC2)C(F)(F)C(F)(F)C1(F)F. The van der Waals surface area contributed by atoms with Crippen LogP contribution < -0.4 is 0 Å². The number of ether oxygens (including phenoxy) is 1. The first-order valence-corrected chi connectivity index (χ1v) is 5.03. The van der Waals surface area contributed by atoms with Gasteiger partial charge in [-0.15, -0.1) is 0 Å². The molecule has 1 nitrogen and oxygen atoms in total. The summed E-state index contributed by atoms with van der Waals surface area (Å²) in [4.78, 5) is 0. The number of hydrogen-bond acceptors (Lipinski definition) is 1. The van der Waals surface area contributed by atoms with E-state index in [1.165, 1.54) is 6.08 Å². The van der Waals surface area contributed by atoms with Gasteiger partial charge in [-0.25, -0.2) is 4.39 Å². The molecule has 2 aliphatic rings. The standard InChI is InChI=1S/C10H7F7O/c11-6-7(18-5-3-1-2-4-5)9(14,15)10(16,17)8(6,12)13/h3H,1-2,4H2. The topological polar surface area (TPSA) is 9.23 Å². The van der Waals surface area contributed by atoms with E-state index in [1.807, 2.05) is 0 Å². The molecule has 18 heavy (non-hydrogen) atoms. The molecule has 0 heterocycles. The Hall–Kier alpha value is -1.21. The number of hydrogen-bond donors (Lipinski definition) is 0. The normalized spacial score (nSPS) is 28.5. The average Bonchev–Trinajstić information content (AvgIpc) is 2.78. The van der Waals surface area contributed by atoms with Gasteiger partial charge in [-0.1, -0.05) is 0 Å². The van der Waals surface area contributed by atoms with Crippen LogP contribution in [0, 0.1) is 0 Å². The van der Waals surface area contributed by atoms with Gasteiger partial charge in [0.1, 0.15) is 5.76 Å². The Morgan fingerprint density at radius 3 is 2.00 bits per heavy atom. The van der Waals surface area contributed by atoms with Crippen LogP contribution in [0.15, 0.2) is 23.4 Å².